The van der Waals surface area contributed by atoms with Crippen molar-refractivity contribution in [1.29, 1.82) is 0 Å². The topological polar surface area (TPSA) is 15.3 Å². The van der Waals surface area contributed by atoms with E-state index in [-0.39, 0.29) is 0 Å². The van der Waals surface area contributed by atoms with E-state index in [2.05, 4.69) is 41.4 Å². The van der Waals surface area contributed by atoms with E-state index in [0.29, 0.717) is 0 Å². The van der Waals surface area contributed by atoms with Crippen LogP contribution in [0.1, 0.15) is 43.2 Å². The normalized spacial score (nSPS) is 28.1. The van der Waals surface area contributed by atoms with Crippen molar-refractivity contribution in [2.45, 2.75) is 44.6 Å². The maximum Gasteiger partial charge on any atom is 0.00766 e. The van der Waals surface area contributed by atoms with E-state index in [0.717, 1.165) is 12.0 Å². The lowest BCUT2D eigenvalue weighted by Gasteiger charge is -2.36. The summed E-state index contributed by atoms with van der Waals surface area (Å²) in [5.41, 5.74) is 3.18. The molecule has 1 aliphatic carbocycles. The van der Waals surface area contributed by atoms with Crippen LogP contribution in [0.5, 0.6) is 0 Å². The first-order valence-electron chi connectivity index (χ1n) is 7.90. The first-order valence-corrected chi connectivity index (χ1v) is 7.90. The Hall–Kier alpha value is -0.860. The zero-order valence-electron chi connectivity index (χ0n) is 12.1. The summed E-state index contributed by atoms with van der Waals surface area (Å²) in [7, 11) is 0. The molecule has 2 unspecified atom stereocenters. The van der Waals surface area contributed by atoms with Crippen LogP contribution in [-0.2, 0) is 6.42 Å². The van der Waals surface area contributed by atoms with E-state index in [9.17, 15) is 0 Å². The Labute approximate surface area is 117 Å². The Morgan fingerprint density at radius 1 is 1.26 bits per heavy atom. The number of benzene rings is 1. The van der Waals surface area contributed by atoms with Gasteiger partial charge in [0.1, 0.15) is 0 Å². The number of rotatable bonds is 3. The van der Waals surface area contributed by atoms with Gasteiger partial charge in [-0.2, -0.15) is 0 Å². The van der Waals surface area contributed by atoms with Gasteiger partial charge in [-0.05, 0) is 56.4 Å². The SMILES string of the molecule is CCC1CCN(CC2Cc3ccccc32)CCCN1. The average molecular weight is 258 g/mol. The van der Waals surface area contributed by atoms with Crippen LogP contribution in [0, 0.1) is 0 Å². The van der Waals surface area contributed by atoms with Crippen LogP contribution in [-0.4, -0.2) is 37.1 Å². The van der Waals surface area contributed by atoms with Crippen molar-refractivity contribution in [3.05, 3.63) is 35.4 Å². The number of hydrogen-bond donors (Lipinski definition) is 1. The molecular formula is C17H26N2. The second-order valence-electron chi connectivity index (χ2n) is 6.10. The van der Waals surface area contributed by atoms with E-state index in [1.54, 1.807) is 11.1 Å². The summed E-state index contributed by atoms with van der Waals surface area (Å²) in [6, 6.07) is 9.70. The molecule has 0 spiro atoms. The van der Waals surface area contributed by atoms with Crippen LogP contribution in [0.3, 0.4) is 0 Å². The Balaban J connectivity index is 1.55. The zero-order valence-corrected chi connectivity index (χ0v) is 12.1. The van der Waals surface area contributed by atoms with Gasteiger partial charge in [-0.1, -0.05) is 31.2 Å². The van der Waals surface area contributed by atoms with Gasteiger partial charge in [-0.3, -0.25) is 0 Å². The summed E-state index contributed by atoms with van der Waals surface area (Å²) in [4.78, 5) is 2.70. The Kier molecular flexibility index (Phi) is 4.19. The predicted molar refractivity (Wildman–Crippen MR) is 80.6 cm³/mol. The molecule has 1 saturated heterocycles. The molecule has 1 aromatic carbocycles. The van der Waals surface area contributed by atoms with Crippen LogP contribution in [0.15, 0.2) is 24.3 Å². The monoisotopic (exact) mass is 258 g/mol. The second-order valence-corrected chi connectivity index (χ2v) is 6.10. The van der Waals surface area contributed by atoms with Crippen molar-refractivity contribution in [1.82, 2.24) is 10.2 Å². The fourth-order valence-corrected chi connectivity index (χ4v) is 3.53. The molecule has 1 fully saturated rings. The number of nitrogens with zero attached hydrogens (tertiary/aromatic N) is 1. The second kappa shape index (κ2) is 6.06. The Morgan fingerprint density at radius 2 is 2.16 bits per heavy atom. The minimum Gasteiger partial charge on any atom is -0.314 e. The van der Waals surface area contributed by atoms with Crippen molar-refractivity contribution in [2.75, 3.05) is 26.2 Å². The predicted octanol–water partition coefficient (Wildman–Crippen LogP) is 2.79. The summed E-state index contributed by atoms with van der Waals surface area (Å²) in [6.45, 7) is 7.29. The van der Waals surface area contributed by atoms with Crippen molar-refractivity contribution >= 4 is 0 Å². The third kappa shape index (κ3) is 3.01. The van der Waals surface area contributed by atoms with Crippen molar-refractivity contribution in [3.63, 3.8) is 0 Å². The summed E-state index contributed by atoms with van der Waals surface area (Å²) >= 11 is 0. The summed E-state index contributed by atoms with van der Waals surface area (Å²) in [5.74, 6) is 0.795. The van der Waals surface area contributed by atoms with Crippen molar-refractivity contribution in [3.8, 4) is 0 Å². The lowest BCUT2D eigenvalue weighted by atomic mass is 9.77. The molecule has 2 aliphatic rings. The van der Waals surface area contributed by atoms with Crippen molar-refractivity contribution < 1.29 is 0 Å². The van der Waals surface area contributed by atoms with Gasteiger partial charge in [-0.15, -0.1) is 0 Å². The van der Waals surface area contributed by atoms with Gasteiger partial charge in [0.05, 0.1) is 0 Å². The minimum atomic E-state index is 0.733. The summed E-state index contributed by atoms with van der Waals surface area (Å²) in [6.07, 6.45) is 5.16. The third-order valence-electron chi connectivity index (χ3n) is 4.81. The first-order chi connectivity index (χ1) is 9.36. The Morgan fingerprint density at radius 3 is 3.00 bits per heavy atom. The highest BCUT2D eigenvalue weighted by molar-refractivity contribution is 5.40. The maximum absolute atomic E-state index is 3.66. The van der Waals surface area contributed by atoms with Gasteiger partial charge >= 0.3 is 0 Å². The highest BCUT2D eigenvalue weighted by Crippen LogP contribution is 2.35. The largest absolute Gasteiger partial charge is 0.314 e. The van der Waals surface area contributed by atoms with Gasteiger partial charge < -0.3 is 10.2 Å². The van der Waals surface area contributed by atoms with Crippen LogP contribution in [0.2, 0.25) is 0 Å². The van der Waals surface area contributed by atoms with Gasteiger partial charge in [0.2, 0.25) is 0 Å². The minimum absolute atomic E-state index is 0.733. The molecule has 3 rings (SSSR count). The summed E-state index contributed by atoms with van der Waals surface area (Å²) < 4.78 is 0. The van der Waals surface area contributed by atoms with Crippen LogP contribution in [0.4, 0.5) is 0 Å². The molecule has 1 aliphatic heterocycles. The highest BCUT2D eigenvalue weighted by atomic mass is 15.1. The smallest absolute Gasteiger partial charge is 0.00766 e. The van der Waals surface area contributed by atoms with Crippen molar-refractivity contribution in [2.24, 2.45) is 0 Å². The van der Waals surface area contributed by atoms with Gasteiger partial charge in [-0.25, -0.2) is 0 Å². The maximum atomic E-state index is 3.66. The van der Waals surface area contributed by atoms with Crippen LogP contribution in [0.25, 0.3) is 0 Å². The van der Waals surface area contributed by atoms with Gasteiger partial charge in [0.25, 0.3) is 0 Å². The molecule has 0 aromatic heterocycles. The lowest BCUT2D eigenvalue weighted by molar-refractivity contribution is 0.213. The van der Waals surface area contributed by atoms with Gasteiger partial charge in [0.15, 0.2) is 0 Å². The fraction of sp³-hybridized carbons (Fsp3) is 0.647. The van der Waals surface area contributed by atoms with E-state index in [1.165, 1.54) is 51.9 Å². The standard InChI is InChI=1S/C17H26N2/c1-2-16-8-11-19(10-5-9-18-16)13-15-12-14-6-3-4-7-17(14)15/h3-4,6-7,15-16,18H,2,5,8-13H2,1H3. The molecule has 0 radical (unpaired) electrons. The number of hydrogen-bond acceptors (Lipinski definition) is 2. The molecule has 2 heteroatoms. The molecule has 104 valence electrons. The highest BCUT2D eigenvalue weighted by Gasteiger charge is 2.27. The van der Waals surface area contributed by atoms with Crippen LogP contribution < -0.4 is 5.32 Å². The quantitative estimate of drug-likeness (QED) is 0.897. The number of fused-ring (bicyclic) bond motifs is 1. The molecule has 0 amide bonds. The molecular weight excluding hydrogens is 232 g/mol. The molecule has 0 bridgehead atoms. The van der Waals surface area contributed by atoms with E-state index in [4.69, 9.17) is 0 Å². The molecule has 2 atom stereocenters. The first kappa shape index (κ1) is 13.1. The lowest BCUT2D eigenvalue weighted by Crippen LogP contribution is -2.42. The van der Waals surface area contributed by atoms with E-state index >= 15 is 0 Å². The molecule has 1 heterocycles. The molecule has 1 N–H and O–H groups in total. The summed E-state index contributed by atoms with van der Waals surface area (Å²) in [5, 5.41) is 3.66. The van der Waals surface area contributed by atoms with Gasteiger partial charge in [0, 0.05) is 18.5 Å². The third-order valence-corrected chi connectivity index (χ3v) is 4.81. The van der Waals surface area contributed by atoms with E-state index in [1.807, 2.05) is 0 Å². The van der Waals surface area contributed by atoms with Crippen LogP contribution >= 0.6 is 0 Å². The molecule has 19 heavy (non-hydrogen) atoms. The zero-order chi connectivity index (χ0) is 13.1. The Bertz CT molecular complexity index is 415. The van der Waals surface area contributed by atoms with E-state index < -0.39 is 0 Å². The molecule has 2 nitrogen and oxygen atoms in total. The number of nitrogens with one attached hydrogen (secondary N) is 1. The average Bonchev–Trinajstić information content (AvgIpc) is 2.38. The fourth-order valence-electron chi connectivity index (χ4n) is 3.53. The molecule has 1 aromatic rings. The molecule has 0 saturated carbocycles.